The van der Waals surface area contributed by atoms with Gasteiger partial charge in [0.2, 0.25) is 0 Å². The Labute approximate surface area is 122 Å². The molecule has 0 fully saturated rings. The van der Waals surface area contributed by atoms with Crippen LogP contribution in [0, 0.1) is 0 Å². The molecule has 1 rings (SSSR count). The summed E-state index contributed by atoms with van der Waals surface area (Å²) < 4.78 is 16.9. The van der Waals surface area contributed by atoms with Crippen molar-refractivity contribution in [3.63, 3.8) is 0 Å². The molecule has 0 unspecified atom stereocenters. The molecule has 1 N–H and O–H groups in total. The van der Waals surface area contributed by atoms with Gasteiger partial charge in [0.05, 0.1) is 19.3 Å². The van der Waals surface area contributed by atoms with Gasteiger partial charge in [-0.1, -0.05) is 13.0 Å². The van der Waals surface area contributed by atoms with Crippen LogP contribution in [-0.4, -0.2) is 33.0 Å². The average molecular weight is 281 g/mol. The van der Waals surface area contributed by atoms with E-state index in [1.165, 1.54) is 0 Å². The van der Waals surface area contributed by atoms with Gasteiger partial charge in [-0.25, -0.2) is 0 Å². The van der Waals surface area contributed by atoms with Gasteiger partial charge in [0, 0.05) is 18.2 Å². The average Bonchev–Trinajstić information content (AvgIpc) is 2.43. The molecule has 1 aromatic rings. The molecule has 0 amide bonds. The summed E-state index contributed by atoms with van der Waals surface area (Å²) in [5.41, 5.74) is 1.13. The molecule has 0 saturated carbocycles. The molecule has 0 aliphatic carbocycles. The molecule has 20 heavy (non-hydrogen) atoms. The highest BCUT2D eigenvalue weighted by molar-refractivity contribution is 5.40. The molecule has 0 heterocycles. The lowest BCUT2D eigenvalue weighted by molar-refractivity contribution is 0.0550. The van der Waals surface area contributed by atoms with Gasteiger partial charge in [-0.2, -0.15) is 0 Å². The van der Waals surface area contributed by atoms with Crippen LogP contribution < -0.4 is 14.8 Å². The van der Waals surface area contributed by atoms with E-state index in [2.05, 4.69) is 12.2 Å². The Bertz CT molecular complexity index is 380. The van der Waals surface area contributed by atoms with E-state index in [4.69, 9.17) is 14.2 Å². The molecule has 114 valence electrons. The van der Waals surface area contributed by atoms with Crippen molar-refractivity contribution >= 4 is 0 Å². The highest BCUT2D eigenvalue weighted by atomic mass is 16.5. The van der Waals surface area contributed by atoms with Crippen LogP contribution in [0.1, 0.15) is 32.8 Å². The van der Waals surface area contributed by atoms with E-state index < -0.39 is 0 Å². The van der Waals surface area contributed by atoms with Crippen LogP contribution in [0.3, 0.4) is 0 Å². The zero-order valence-corrected chi connectivity index (χ0v) is 13.1. The number of hydrogen-bond acceptors (Lipinski definition) is 4. The summed E-state index contributed by atoms with van der Waals surface area (Å²) in [5, 5.41) is 3.14. The molecule has 0 aromatic heterocycles. The normalized spacial score (nSPS) is 10.8. The van der Waals surface area contributed by atoms with Crippen LogP contribution in [0.2, 0.25) is 0 Å². The molecule has 0 radical (unpaired) electrons. The van der Waals surface area contributed by atoms with Crippen LogP contribution in [-0.2, 0) is 11.3 Å². The van der Waals surface area contributed by atoms with Crippen LogP contribution in [0.4, 0.5) is 0 Å². The molecule has 4 nitrogen and oxygen atoms in total. The van der Waals surface area contributed by atoms with Gasteiger partial charge in [-0.3, -0.25) is 0 Å². The quantitative estimate of drug-likeness (QED) is 0.669. The molecule has 0 atom stereocenters. The predicted octanol–water partition coefficient (Wildman–Crippen LogP) is 3.00. The first-order chi connectivity index (χ1) is 9.67. The third kappa shape index (κ3) is 6.26. The van der Waals surface area contributed by atoms with Crippen molar-refractivity contribution in [3.05, 3.63) is 23.8 Å². The number of rotatable bonds is 10. The monoisotopic (exact) mass is 281 g/mol. The van der Waals surface area contributed by atoms with Crippen molar-refractivity contribution in [1.82, 2.24) is 5.32 Å². The maximum atomic E-state index is 5.82. The Kier molecular flexibility index (Phi) is 8.07. The van der Waals surface area contributed by atoms with Crippen LogP contribution in [0.25, 0.3) is 0 Å². The van der Waals surface area contributed by atoms with Crippen molar-refractivity contribution in [2.24, 2.45) is 0 Å². The van der Waals surface area contributed by atoms with Gasteiger partial charge >= 0.3 is 0 Å². The van der Waals surface area contributed by atoms with Gasteiger partial charge < -0.3 is 19.5 Å². The number of hydrogen-bond donors (Lipinski definition) is 1. The second kappa shape index (κ2) is 9.61. The minimum absolute atomic E-state index is 0.231. The van der Waals surface area contributed by atoms with E-state index >= 15 is 0 Å². The van der Waals surface area contributed by atoms with Crippen molar-refractivity contribution in [2.45, 2.75) is 39.8 Å². The molecule has 0 saturated heterocycles. The lowest BCUT2D eigenvalue weighted by Gasteiger charge is -2.14. The summed E-state index contributed by atoms with van der Waals surface area (Å²) in [6, 6.07) is 5.98. The first kappa shape index (κ1) is 16.8. The summed E-state index contributed by atoms with van der Waals surface area (Å²) in [4.78, 5) is 0. The van der Waals surface area contributed by atoms with E-state index in [9.17, 15) is 0 Å². The summed E-state index contributed by atoms with van der Waals surface area (Å²) in [7, 11) is 1.92. The first-order valence-electron chi connectivity index (χ1n) is 7.32. The minimum atomic E-state index is 0.231. The fraction of sp³-hybridized carbons (Fsp3) is 0.625. The minimum Gasteiger partial charge on any atom is -0.493 e. The molecular formula is C16H27NO3. The van der Waals surface area contributed by atoms with E-state index in [1.807, 2.05) is 39.1 Å². The van der Waals surface area contributed by atoms with Gasteiger partial charge in [0.1, 0.15) is 18.1 Å². The fourth-order valence-electron chi connectivity index (χ4n) is 1.75. The van der Waals surface area contributed by atoms with E-state index in [1.54, 1.807) is 0 Å². The SMILES string of the molecule is CCCOc1ccc(CNC)c(OCCOC(C)C)c1. The second-order valence-corrected chi connectivity index (χ2v) is 4.92. The molecule has 0 spiro atoms. The largest absolute Gasteiger partial charge is 0.493 e. The smallest absolute Gasteiger partial charge is 0.127 e. The molecule has 0 bridgehead atoms. The van der Waals surface area contributed by atoms with E-state index in [-0.39, 0.29) is 6.10 Å². The van der Waals surface area contributed by atoms with Crippen molar-refractivity contribution in [3.8, 4) is 11.5 Å². The number of benzene rings is 1. The van der Waals surface area contributed by atoms with E-state index in [0.717, 1.165) is 36.6 Å². The first-order valence-corrected chi connectivity index (χ1v) is 7.32. The third-order valence-corrected chi connectivity index (χ3v) is 2.67. The molecule has 1 aromatic carbocycles. The molecule has 0 aliphatic rings. The van der Waals surface area contributed by atoms with Gasteiger partial charge in [-0.05, 0) is 33.4 Å². The van der Waals surface area contributed by atoms with E-state index in [0.29, 0.717) is 13.2 Å². The zero-order valence-electron chi connectivity index (χ0n) is 13.1. The standard InChI is InChI=1S/C16H27NO3/c1-5-8-19-15-7-6-14(12-17-4)16(11-15)20-10-9-18-13(2)3/h6-7,11,13,17H,5,8-10,12H2,1-4H3. The highest BCUT2D eigenvalue weighted by Gasteiger charge is 2.06. The Morgan fingerprint density at radius 2 is 1.90 bits per heavy atom. The Balaban J connectivity index is 2.62. The van der Waals surface area contributed by atoms with Crippen LogP contribution in [0.15, 0.2) is 18.2 Å². The highest BCUT2D eigenvalue weighted by Crippen LogP contribution is 2.25. The van der Waals surface area contributed by atoms with Crippen molar-refractivity contribution < 1.29 is 14.2 Å². The number of nitrogens with one attached hydrogen (secondary N) is 1. The lowest BCUT2D eigenvalue weighted by atomic mass is 10.2. The van der Waals surface area contributed by atoms with Crippen LogP contribution in [0.5, 0.6) is 11.5 Å². The Hall–Kier alpha value is -1.26. The fourth-order valence-corrected chi connectivity index (χ4v) is 1.75. The number of ether oxygens (including phenoxy) is 3. The summed E-state index contributed by atoms with van der Waals surface area (Å²) in [6.07, 6.45) is 1.23. The maximum Gasteiger partial charge on any atom is 0.127 e. The second-order valence-electron chi connectivity index (χ2n) is 4.92. The van der Waals surface area contributed by atoms with Gasteiger partial charge in [0.15, 0.2) is 0 Å². The topological polar surface area (TPSA) is 39.7 Å². The molecular weight excluding hydrogens is 254 g/mol. The van der Waals surface area contributed by atoms with Gasteiger partial charge in [-0.15, -0.1) is 0 Å². The summed E-state index contributed by atoms with van der Waals surface area (Å²) in [5.74, 6) is 1.71. The summed E-state index contributed by atoms with van der Waals surface area (Å²) >= 11 is 0. The maximum absolute atomic E-state index is 5.82. The predicted molar refractivity (Wildman–Crippen MR) is 81.6 cm³/mol. The molecule has 0 aliphatic heterocycles. The zero-order chi connectivity index (χ0) is 14.8. The van der Waals surface area contributed by atoms with Crippen LogP contribution >= 0.6 is 0 Å². The summed E-state index contributed by atoms with van der Waals surface area (Å²) in [6.45, 7) is 8.77. The Morgan fingerprint density at radius 1 is 1.10 bits per heavy atom. The third-order valence-electron chi connectivity index (χ3n) is 2.67. The lowest BCUT2D eigenvalue weighted by Crippen LogP contribution is -2.13. The van der Waals surface area contributed by atoms with Crippen molar-refractivity contribution in [2.75, 3.05) is 26.9 Å². The van der Waals surface area contributed by atoms with Crippen molar-refractivity contribution in [1.29, 1.82) is 0 Å². The van der Waals surface area contributed by atoms with Gasteiger partial charge in [0.25, 0.3) is 0 Å². The molecule has 4 heteroatoms. The Morgan fingerprint density at radius 3 is 2.55 bits per heavy atom.